The Morgan fingerprint density at radius 1 is 0.706 bits per heavy atom. The van der Waals surface area contributed by atoms with Gasteiger partial charge in [0.2, 0.25) is 0 Å². The monoisotopic (exact) mass is 764 g/mol. The number of halogens is 2. The van der Waals surface area contributed by atoms with Gasteiger partial charge in [0.05, 0.1) is 54.4 Å². The first-order chi connectivity index (χ1) is 23.7. The number of carbonyl (C=O) groups excluding carboxylic acids is 2. The summed E-state index contributed by atoms with van der Waals surface area (Å²) >= 11 is 12.8. The van der Waals surface area contributed by atoms with Crippen LogP contribution in [0.1, 0.15) is 62.3 Å². The molecule has 0 aromatic heterocycles. The molecular weight excluding hydrogens is 711 g/mol. The molecule has 282 valence electrons. The molecule has 0 bridgehead atoms. The molecule has 4 aliphatic heterocycles. The molecule has 51 heavy (non-hydrogen) atoms. The van der Waals surface area contributed by atoms with E-state index in [2.05, 4.69) is 69.3 Å². The number of aliphatic hydroxyl groups is 1. The first kappa shape index (κ1) is 39.8. The summed E-state index contributed by atoms with van der Waals surface area (Å²) in [6, 6.07) is 20.3. The van der Waals surface area contributed by atoms with Crippen LogP contribution in [-0.4, -0.2) is 120 Å². The summed E-state index contributed by atoms with van der Waals surface area (Å²) in [4.78, 5) is 28.3. The Labute approximate surface area is 313 Å². The highest BCUT2D eigenvalue weighted by atomic mass is 35.5. The highest BCUT2D eigenvalue weighted by Crippen LogP contribution is 2.42. The van der Waals surface area contributed by atoms with E-state index in [-0.39, 0.29) is 58.9 Å². The van der Waals surface area contributed by atoms with Crippen LogP contribution in [0.5, 0.6) is 0 Å². The number of hydrogen-bond acceptors (Lipinski definition) is 8. The van der Waals surface area contributed by atoms with Crippen LogP contribution >= 0.6 is 23.2 Å². The Balaban J connectivity index is 0.000000248. The molecular formula is C38H54Cl2N2O8Si. The minimum atomic E-state index is -2.81. The summed E-state index contributed by atoms with van der Waals surface area (Å²) in [5.74, 6) is 0. The predicted molar refractivity (Wildman–Crippen MR) is 201 cm³/mol. The van der Waals surface area contributed by atoms with Gasteiger partial charge in [-0.05, 0) is 57.0 Å². The van der Waals surface area contributed by atoms with Gasteiger partial charge >= 0.3 is 12.2 Å². The van der Waals surface area contributed by atoms with E-state index in [1.807, 2.05) is 32.9 Å². The van der Waals surface area contributed by atoms with Gasteiger partial charge in [0.25, 0.3) is 8.32 Å². The molecule has 10 nitrogen and oxygen atoms in total. The van der Waals surface area contributed by atoms with E-state index in [1.165, 1.54) is 15.3 Å². The molecule has 0 unspecified atom stereocenters. The van der Waals surface area contributed by atoms with Crippen molar-refractivity contribution >= 4 is 54.1 Å². The maximum atomic E-state index is 13.1. The summed E-state index contributed by atoms with van der Waals surface area (Å²) in [7, 11) is -2.81. The van der Waals surface area contributed by atoms with Crippen LogP contribution in [-0.2, 0) is 23.4 Å². The van der Waals surface area contributed by atoms with Crippen molar-refractivity contribution in [2.75, 3.05) is 26.3 Å². The predicted octanol–water partition coefficient (Wildman–Crippen LogP) is 5.53. The van der Waals surface area contributed by atoms with Gasteiger partial charge in [-0.2, -0.15) is 0 Å². The normalized spacial score (nSPS) is 29.3. The van der Waals surface area contributed by atoms with E-state index in [0.717, 1.165) is 0 Å². The molecule has 0 radical (unpaired) electrons. The number of alkyl halides is 2. The first-order valence-corrected chi connectivity index (χ1v) is 20.5. The van der Waals surface area contributed by atoms with Crippen molar-refractivity contribution in [2.24, 2.45) is 0 Å². The number of carbonyl (C=O) groups is 2. The van der Waals surface area contributed by atoms with Crippen molar-refractivity contribution in [1.82, 2.24) is 9.80 Å². The van der Waals surface area contributed by atoms with Crippen LogP contribution in [0.15, 0.2) is 60.7 Å². The third-order valence-electron chi connectivity index (χ3n) is 9.54. The molecule has 0 spiro atoms. The maximum Gasteiger partial charge on any atom is 0.410 e. The molecule has 2 amide bonds. The molecule has 4 heterocycles. The standard InChI is InChI=1S/C27H36ClNO4Si.C11H18ClNO4/c1-26(2,3)32-25(30)29-17-21(28)24-23(29)22(18-31-24)33-34(27(4,5)6,19-13-9-7-10-14-19)20-15-11-8-12-16-20;1-11(2,3)17-10(15)13-4-6(12)9-8(13)7(14)5-16-9/h7-16,21-24H,17-18H2,1-6H3;6-9,14H,4-5H2,1-3H3/t21-,22+,23-,24-;6-,7+,8-,9-/m11/s1. The second-order valence-electron chi connectivity index (χ2n) is 16.8. The van der Waals surface area contributed by atoms with Crippen molar-refractivity contribution in [2.45, 2.75) is 126 Å². The summed E-state index contributed by atoms with van der Waals surface area (Å²) < 4.78 is 29.9. The van der Waals surface area contributed by atoms with Gasteiger partial charge in [0.1, 0.15) is 17.3 Å². The molecule has 0 aliphatic carbocycles. The number of benzene rings is 2. The molecule has 13 heteroatoms. The number of nitrogens with zero attached hydrogens (tertiary/aromatic N) is 2. The zero-order chi connectivity index (χ0) is 37.5. The molecule has 1 N–H and O–H groups in total. The Morgan fingerprint density at radius 2 is 1.12 bits per heavy atom. The molecule has 8 atom stereocenters. The smallest absolute Gasteiger partial charge is 0.410 e. The number of ether oxygens (including phenoxy) is 4. The maximum absolute atomic E-state index is 13.1. The summed E-state index contributed by atoms with van der Waals surface area (Å²) in [6.07, 6.45) is -2.38. The lowest BCUT2D eigenvalue weighted by molar-refractivity contribution is 0.0103. The summed E-state index contributed by atoms with van der Waals surface area (Å²) in [5.41, 5.74) is -1.15. The fourth-order valence-corrected chi connectivity index (χ4v) is 12.9. The van der Waals surface area contributed by atoms with Crippen LogP contribution in [0, 0.1) is 0 Å². The van der Waals surface area contributed by atoms with Gasteiger partial charge in [0, 0.05) is 13.1 Å². The average molecular weight is 766 g/mol. The minimum Gasteiger partial charge on any atom is -0.444 e. The fraction of sp³-hybridized carbons (Fsp3) is 0.632. The molecule has 0 saturated carbocycles. The lowest BCUT2D eigenvalue weighted by atomic mass is 10.1. The number of likely N-dealkylation sites (tertiary alicyclic amines) is 2. The minimum absolute atomic E-state index is 0.177. The van der Waals surface area contributed by atoms with Gasteiger partial charge in [-0.1, -0.05) is 81.4 Å². The van der Waals surface area contributed by atoms with E-state index in [4.69, 9.17) is 46.6 Å². The Bertz CT molecular complexity index is 1460. The van der Waals surface area contributed by atoms with Crippen molar-refractivity contribution in [1.29, 1.82) is 0 Å². The quantitative estimate of drug-likeness (QED) is 0.320. The average Bonchev–Trinajstić information content (AvgIpc) is 3.79. The van der Waals surface area contributed by atoms with Crippen LogP contribution in [0.2, 0.25) is 5.04 Å². The van der Waals surface area contributed by atoms with Crippen molar-refractivity contribution in [3.05, 3.63) is 60.7 Å². The van der Waals surface area contributed by atoms with Crippen LogP contribution in [0.25, 0.3) is 0 Å². The van der Waals surface area contributed by atoms with E-state index < -0.39 is 31.7 Å². The number of rotatable bonds is 4. The third kappa shape index (κ3) is 8.56. The topological polar surface area (TPSA) is 107 Å². The van der Waals surface area contributed by atoms with Crippen molar-refractivity contribution < 1.29 is 38.1 Å². The SMILES string of the molecule is CC(C)(C)OC(=O)N1C[C@@H](Cl)[C@H]2OC[C@H](O)[C@H]21.CC(C)(C)OC(=O)N1C[C@@H](Cl)[C@H]2OC[C@H](O[Si](c3ccccc3)(c3ccccc3)C(C)(C)C)[C@H]21. The van der Waals surface area contributed by atoms with Crippen molar-refractivity contribution in [3.63, 3.8) is 0 Å². The van der Waals surface area contributed by atoms with Crippen LogP contribution < -0.4 is 10.4 Å². The fourth-order valence-electron chi connectivity index (χ4n) is 7.52. The van der Waals surface area contributed by atoms with E-state index in [0.29, 0.717) is 19.7 Å². The molecule has 4 fully saturated rings. The molecule has 4 aliphatic rings. The number of amides is 2. The third-order valence-corrected chi connectivity index (χ3v) is 15.4. The highest BCUT2D eigenvalue weighted by molar-refractivity contribution is 6.99. The molecule has 2 aromatic carbocycles. The molecule has 2 aromatic rings. The molecule has 6 rings (SSSR count). The lowest BCUT2D eigenvalue weighted by Crippen LogP contribution is -2.69. The lowest BCUT2D eigenvalue weighted by Gasteiger charge is -2.45. The summed E-state index contributed by atoms with van der Waals surface area (Å²) in [5, 5.41) is 11.4. The van der Waals surface area contributed by atoms with E-state index in [1.54, 1.807) is 25.7 Å². The van der Waals surface area contributed by atoms with Crippen LogP contribution in [0.4, 0.5) is 9.59 Å². The Hall–Kier alpha value is -2.38. The Kier molecular flexibility index (Phi) is 11.8. The zero-order valence-corrected chi connectivity index (χ0v) is 33.7. The number of aliphatic hydroxyl groups excluding tert-OH is 1. The largest absolute Gasteiger partial charge is 0.444 e. The summed E-state index contributed by atoms with van der Waals surface area (Å²) in [6.45, 7) is 19.1. The van der Waals surface area contributed by atoms with Gasteiger partial charge in [-0.15, -0.1) is 23.2 Å². The molecule has 4 saturated heterocycles. The van der Waals surface area contributed by atoms with Gasteiger partial charge < -0.3 is 28.5 Å². The number of hydrogen-bond donors (Lipinski definition) is 1. The number of fused-ring (bicyclic) bond motifs is 2. The van der Waals surface area contributed by atoms with Gasteiger partial charge in [-0.3, -0.25) is 9.80 Å². The van der Waals surface area contributed by atoms with E-state index >= 15 is 0 Å². The highest BCUT2D eigenvalue weighted by Gasteiger charge is 2.59. The van der Waals surface area contributed by atoms with Gasteiger partial charge in [-0.25, -0.2) is 9.59 Å². The van der Waals surface area contributed by atoms with Crippen LogP contribution in [0.3, 0.4) is 0 Å². The Morgan fingerprint density at radius 3 is 1.55 bits per heavy atom. The second kappa shape index (κ2) is 15.2. The van der Waals surface area contributed by atoms with E-state index in [9.17, 15) is 14.7 Å². The zero-order valence-electron chi connectivity index (χ0n) is 31.2. The second-order valence-corrected chi connectivity index (χ2v) is 22.1. The van der Waals surface area contributed by atoms with Gasteiger partial charge in [0.15, 0.2) is 0 Å². The first-order valence-electron chi connectivity index (χ1n) is 17.7. The van der Waals surface area contributed by atoms with Crippen molar-refractivity contribution in [3.8, 4) is 0 Å².